The number of sulfonamides is 1. The largest absolute Gasteiger partial charge is 0.352 e. The van der Waals surface area contributed by atoms with E-state index in [9.17, 15) is 18.0 Å². The molecule has 36 heavy (non-hydrogen) atoms. The highest BCUT2D eigenvalue weighted by Crippen LogP contribution is 2.22. The number of aryl methyl sites for hydroxylation is 1. The van der Waals surface area contributed by atoms with Gasteiger partial charge in [-0.2, -0.15) is 0 Å². The number of anilines is 1. The average Bonchev–Trinajstić information content (AvgIpc) is 3.33. The van der Waals surface area contributed by atoms with Crippen LogP contribution in [0.15, 0.2) is 48.5 Å². The van der Waals surface area contributed by atoms with E-state index >= 15 is 0 Å². The molecule has 0 saturated heterocycles. The number of hydrogen-bond acceptors (Lipinski definition) is 4. The summed E-state index contributed by atoms with van der Waals surface area (Å²) in [6.07, 6.45) is 5.73. The van der Waals surface area contributed by atoms with Crippen LogP contribution < -0.4 is 9.62 Å². The minimum absolute atomic E-state index is 0.118. The predicted molar refractivity (Wildman–Crippen MR) is 144 cm³/mol. The van der Waals surface area contributed by atoms with Crippen molar-refractivity contribution in [3.63, 3.8) is 0 Å². The Bertz CT molecular complexity index is 1150. The number of carbonyl (C=O) groups excluding carboxylic acids is 2. The van der Waals surface area contributed by atoms with Gasteiger partial charge in [0.15, 0.2) is 0 Å². The van der Waals surface area contributed by atoms with E-state index in [1.807, 2.05) is 31.2 Å². The Balaban J connectivity index is 1.71. The predicted octanol–water partition coefficient (Wildman–Crippen LogP) is 4.67. The molecule has 0 radical (unpaired) electrons. The smallest absolute Gasteiger partial charge is 0.242 e. The Morgan fingerprint density at radius 2 is 1.78 bits per heavy atom. The molecule has 1 aliphatic carbocycles. The van der Waals surface area contributed by atoms with Gasteiger partial charge in [0.05, 0.1) is 11.9 Å². The first-order chi connectivity index (χ1) is 17.0. The molecule has 2 amide bonds. The van der Waals surface area contributed by atoms with Crippen LogP contribution in [0.5, 0.6) is 0 Å². The third-order valence-corrected chi connectivity index (χ3v) is 8.02. The van der Waals surface area contributed by atoms with Crippen LogP contribution in [0.3, 0.4) is 0 Å². The first-order valence-corrected chi connectivity index (χ1v) is 14.7. The van der Waals surface area contributed by atoms with E-state index in [4.69, 9.17) is 11.6 Å². The molecule has 3 rings (SSSR count). The standard InChI is InChI=1S/C27H36ClN3O4S/c1-20-8-6-9-22(18-20)19-30(21(2)27(33)29-24-10-4-5-11-24)26(32)12-7-17-31(36(3,34)35)25-15-13-23(28)14-16-25/h6,8-9,13-16,18,21,24H,4-5,7,10-12,17,19H2,1-3H3,(H,29,33)/t21-/m1/s1. The Kier molecular flexibility index (Phi) is 9.79. The van der Waals surface area contributed by atoms with Gasteiger partial charge in [0.2, 0.25) is 21.8 Å². The highest BCUT2D eigenvalue weighted by molar-refractivity contribution is 7.92. The summed E-state index contributed by atoms with van der Waals surface area (Å²) in [6.45, 7) is 4.21. The van der Waals surface area contributed by atoms with E-state index in [-0.39, 0.29) is 30.8 Å². The summed E-state index contributed by atoms with van der Waals surface area (Å²) in [5.74, 6) is -0.336. The molecule has 0 aliphatic heterocycles. The fourth-order valence-electron chi connectivity index (χ4n) is 4.59. The van der Waals surface area contributed by atoms with Crippen LogP contribution >= 0.6 is 11.6 Å². The molecule has 1 N–H and O–H groups in total. The molecule has 1 aliphatic rings. The molecule has 1 fully saturated rings. The highest BCUT2D eigenvalue weighted by atomic mass is 35.5. The molecule has 196 valence electrons. The van der Waals surface area contributed by atoms with Crippen molar-refractivity contribution in [3.05, 3.63) is 64.7 Å². The Morgan fingerprint density at radius 3 is 2.39 bits per heavy atom. The van der Waals surface area contributed by atoms with Crippen LogP contribution in [0.4, 0.5) is 5.69 Å². The third-order valence-electron chi connectivity index (χ3n) is 6.57. The molecule has 7 nitrogen and oxygen atoms in total. The summed E-state index contributed by atoms with van der Waals surface area (Å²) in [7, 11) is -3.54. The number of benzene rings is 2. The van der Waals surface area contributed by atoms with Gasteiger partial charge < -0.3 is 10.2 Å². The zero-order valence-electron chi connectivity index (χ0n) is 21.2. The molecular formula is C27H36ClN3O4S. The lowest BCUT2D eigenvalue weighted by Gasteiger charge is -2.30. The Hall–Kier alpha value is -2.58. The fourth-order valence-corrected chi connectivity index (χ4v) is 5.68. The molecule has 2 aromatic carbocycles. The molecule has 9 heteroatoms. The molecule has 0 aromatic heterocycles. The number of nitrogens with one attached hydrogen (secondary N) is 1. The maximum absolute atomic E-state index is 13.4. The Morgan fingerprint density at radius 1 is 1.11 bits per heavy atom. The van der Waals surface area contributed by atoms with E-state index in [1.165, 1.54) is 4.31 Å². The molecule has 0 unspecified atom stereocenters. The lowest BCUT2D eigenvalue weighted by atomic mass is 10.1. The van der Waals surface area contributed by atoms with Crippen molar-refractivity contribution in [1.82, 2.24) is 10.2 Å². The van der Waals surface area contributed by atoms with Crippen LogP contribution in [0, 0.1) is 6.92 Å². The summed E-state index contributed by atoms with van der Waals surface area (Å²) in [5.41, 5.74) is 2.52. The van der Waals surface area contributed by atoms with Crippen molar-refractivity contribution in [1.29, 1.82) is 0 Å². The van der Waals surface area contributed by atoms with E-state index < -0.39 is 16.1 Å². The molecule has 0 spiro atoms. The lowest BCUT2D eigenvalue weighted by Crippen LogP contribution is -2.49. The molecule has 1 saturated carbocycles. The van der Waals surface area contributed by atoms with Gasteiger partial charge in [0.1, 0.15) is 6.04 Å². The minimum Gasteiger partial charge on any atom is -0.352 e. The molecule has 2 aromatic rings. The second-order valence-electron chi connectivity index (χ2n) is 9.59. The zero-order valence-corrected chi connectivity index (χ0v) is 22.8. The number of amides is 2. The van der Waals surface area contributed by atoms with Gasteiger partial charge in [-0.25, -0.2) is 8.42 Å². The number of hydrogen-bond donors (Lipinski definition) is 1. The molecular weight excluding hydrogens is 498 g/mol. The highest BCUT2D eigenvalue weighted by Gasteiger charge is 2.28. The van der Waals surface area contributed by atoms with E-state index in [0.29, 0.717) is 23.7 Å². The zero-order chi connectivity index (χ0) is 26.3. The van der Waals surface area contributed by atoms with Crippen molar-refractivity contribution in [2.45, 2.75) is 71.0 Å². The average molecular weight is 534 g/mol. The van der Waals surface area contributed by atoms with Crippen LogP contribution in [-0.2, 0) is 26.2 Å². The van der Waals surface area contributed by atoms with Crippen LogP contribution in [-0.4, -0.2) is 50.0 Å². The molecule has 1 atom stereocenters. The minimum atomic E-state index is -3.54. The number of halogens is 1. The van der Waals surface area contributed by atoms with Gasteiger partial charge in [-0.15, -0.1) is 0 Å². The van der Waals surface area contributed by atoms with Gasteiger partial charge in [0.25, 0.3) is 0 Å². The van der Waals surface area contributed by atoms with Gasteiger partial charge >= 0.3 is 0 Å². The van der Waals surface area contributed by atoms with E-state index in [0.717, 1.165) is 43.1 Å². The second-order valence-corrected chi connectivity index (χ2v) is 11.9. The topological polar surface area (TPSA) is 86.8 Å². The first-order valence-electron chi connectivity index (χ1n) is 12.4. The van der Waals surface area contributed by atoms with Crippen LogP contribution in [0.2, 0.25) is 5.02 Å². The Labute approximate surface area is 219 Å². The van der Waals surface area contributed by atoms with E-state index in [1.54, 1.807) is 36.1 Å². The quantitative estimate of drug-likeness (QED) is 0.454. The van der Waals surface area contributed by atoms with Crippen molar-refractivity contribution < 1.29 is 18.0 Å². The van der Waals surface area contributed by atoms with Crippen LogP contribution in [0.1, 0.15) is 56.6 Å². The maximum Gasteiger partial charge on any atom is 0.242 e. The van der Waals surface area contributed by atoms with Gasteiger partial charge in [-0.05, 0) is 62.9 Å². The fraction of sp³-hybridized carbons (Fsp3) is 0.481. The summed E-state index contributed by atoms with van der Waals surface area (Å²) in [5, 5.41) is 3.61. The lowest BCUT2D eigenvalue weighted by molar-refractivity contribution is -0.141. The van der Waals surface area contributed by atoms with Crippen molar-refractivity contribution in [2.24, 2.45) is 0 Å². The normalized spacial score (nSPS) is 14.9. The van der Waals surface area contributed by atoms with Crippen molar-refractivity contribution in [2.75, 3.05) is 17.1 Å². The monoisotopic (exact) mass is 533 g/mol. The molecule has 0 bridgehead atoms. The maximum atomic E-state index is 13.4. The summed E-state index contributed by atoms with van der Waals surface area (Å²) < 4.78 is 26.1. The summed E-state index contributed by atoms with van der Waals surface area (Å²) in [4.78, 5) is 28.0. The molecule has 0 heterocycles. The van der Waals surface area contributed by atoms with Crippen molar-refractivity contribution >= 4 is 39.1 Å². The number of carbonyl (C=O) groups is 2. The van der Waals surface area contributed by atoms with Gasteiger partial charge in [-0.3, -0.25) is 13.9 Å². The summed E-state index contributed by atoms with van der Waals surface area (Å²) in [6, 6.07) is 14.0. The van der Waals surface area contributed by atoms with Crippen molar-refractivity contribution in [3.8, 4) is 0 Å². The van der Waals surface area contributed by atoms with Gasteiger partial charge in [0, 0.05) is 30.6 Å². The van der Waals surface area contributed by atoms with Gasteiger partial charge in [-0.1, -0.05) is 54.3 Å². The number of rotatable bonds is 11. The first kappa shape index (κ1) is 28.0. The SMILES string of the molecule is Cc1cccc(CN(C(=O)CCCN(c2ccc(Cl)cc2)S(C)(=O)=O)[C@H](C)C(=O)NC2CCCC2)c1. The summed E-state index contributed by atoms with van der Waals surface area (Å²) >= 11 is 5.95. The number of nitrogens with zero attached hydrogens (tertiary/aromatic N) is 2. The second kappa shape index (κ2) is 12.6. The third kappa shape index (κ3) is 7.96. The van der Waals surface area contributed by atoms with E-state index in [2.05, 4.69) is 5.32 Å². The van der Waals surface area contributed by atoms with Crippen LogP contribution in [0.25, 0.3) is 0 Å².